The molecule has 0 N–H and O–H groups in total. The number of rotatable bonds is 1. The smallest absolute Gasteiger partial charge is 0.343 e. The molecule has 2 fully saturated rings. The maximum atomic E-state index is 14.6. The van der Waals surface area contributed by atoms with Gasteiger partial charge in [-0.25, -0.2) is 4.79 Å². The summed E-state index contributed by atoms with van der Waals surface area (Å²) in [4.78, 5) is 15.4. The molecule has 1 aromatic heterocycles. The SMILES string of the molecule is CC1OP(C)(=O)O[C@@H]2[C@@H]1O[C@@H](n1ccc(I)nc1=O)C2(F)F. The minimum atomic E-state index is -3.59. The zero-order valence-electron chi connectivity index (χ0n) is 11.5. The first-order valence-electron chi connectivity index (χ1n) is 6.34. The van der Waals surface area contributed by atoms with E-state index in [0.717, 1.165) is 6.66 Å². The second-order valence-corrected chi connectivity index (χ2v) is 8.25. The normalized spacial score (nSPS) is 40.4. The number of hydrogen-bond donors (Lipinski definition) is 0. The van der Waals surface area contributed by atoms with Crippen LogP contribution in [0.3, 0.4) is 0 Å². The average Bonchev–Trinajstić information content (AvgIpc) is 2.61. The summed E-state index contributed by atoms with van der Waals surface area (Å²) in [6.07, 6.45) is -4.43. The van der Waals surface area contributed by atoms with E-state index in [1.165, 1.54) is 19.2 Å². The van der Waals surface area contributed by atoms with Crippen LogP contribution in [-0.4, -0.2) is 40.5 Å². The van der Waals surface area contributed by atoms with Gasteiger partial charge in [0.25, 0.3) is 0 Å². The van der Waals surface area contributed by atoms with E-state index in [2.05, 4.69) is 4.98 Å². The number of nitrogens with zero attached hydrogens (tertiary/aromatic N) is 2. The molecule has 0 amide bonds. The van der Waals surface area contributed by atoms with Gasteiger partial charge >= 0.3 is 19.2 Å². The van der Waals surface area contributed by atoms with E-state index in [-0.39, 0.29) is 0 Å². The van der Waals surface area contributed by atoms with Crippen LogP contribution in [0, 0.1) is 3.70 Å². The third-order valence-corrected chi connectivity index (χ3v) is 5.39. The van der Waals surface area contributed by atoms with Gasteiger partial charge in [0.2, 0.25) is 6.23 Å². The molecule has 0 bridgehead atoms. The van der Waals surface area contributed by atoms with Crippen LogP contribution >= 0.6 is 30.2 Å². The van der Waals surface area contributed by atoms with Crippen molar-refractivity contribution < 1.29 is 27.1 Å². The van der Waals surface area contributed by atoms with Crippen LogP contribution in [0.4, 0.5) is 8.78 Å². The topological polar surface area (TPSA) is 79.7 Å². The molecule has 2 aliphatic rings. The summed E-state index contributed by atoms with van der Waals surface area (Å²) < 4.78 is 57.5. The quantitative estimate of drug-likeness (QED) is 0.372. The summed E-state index contributed by atoms with van der Waals surface area (Å²) in [6, 6.07) is 1.41. The van der Waals surface area contributed by atoms with Gasteiger partial charge < -0.3 is 9.26 Å². The van der Waals surface area contributed by atoms with E-state index < -0.39 is 43.7 Å². The second-order valence-electron chi connectivity index (χ2n) is 5.18. The highest BCUT2D eigenvalue weighted by molar-refractivity contribution is 14.1. The number of ether oxygens (including phenoxy) is 1. The van der Waals surface area contributed by atoms with Crippen LogP contribution in [0.5, 0.6) is 0 Å². The highest BCUT2D eigenvalue weighted by atomic mass is 127. The molecule has 0 aromatic carbocycles. The Labute approximate surface area is 137 Å². The number of alkyl halides is 2. The van der Waals surface area contributed by atoms with E-state index in [1.807, 2.05) is 0 Å². The van der Waals surface area contributed by atoms with Gasteiger partial charge in [0.05, 0.1) is 6.10 Å². The predicted octanol–water partition coefficient (Wildman–Crippen LogP) is 2.01. The lowest BCUT2D eigenvalue weighted by Crippen LogP contribution is -2.47. The Balaban J connectivity index is 2.02. The van der Waals surface area contributed by atoms with Crippen molar-refractivity contribution in [1.29, 1.82) is 0 Å². The third kappa shape index (κ3) is 2.64. The molecule has 0 saturated carbocycles. The fourth-order valence-electron chi connectivity index (χ4n) is 2.57. The van der Waals surface area contributed by atoms with Gasteiger partial charge in [0, 0.05) is 12.9 Å². The molecule has 3 heterocycles. The predicted molar refractivity (Wildman–Crippen MR) is 79.0 cm³/mol. The molecule has 0 spiro atoms. The first-order chi connectivity index (χ1) is 10.1. The van der Waals surface area contributed by atoms with Crippen molar-refractivity contribution in [2.24, 2.45) is 0 Å². The average molecular weight is 448 g/mol. The third-order valence-electron chi connectivity index (χ3n) is 3.47. The number of aromatic nitrogens is 2. The maximum absolute atomic E-state index is 14.6. The largest absolute Gasteiger partial charge is 0.350 e. The molecule has 1 aromatic rings. The van der Waals surface area contributed by atoms with Crippen molar-refractivity contribution in [2.45, 2.75) is 37.4 Å². The fourth-order valence-corrected chi connectivity index (χ4v) is 4.39. The summed E-state index contributed by atoms with van der Waals surface area (Å²) in [7, 11) is -3.59. The Morgan fingerprint density at radius 1 is 1.45 bits per heavy atom. The van der Waals surface area contributed by atoms with E-state index in [4.69, 9.17) is 13.8 Å². The number of hydrogen-bond acceptors (Lipinski definition) is 6. The van der Waals surface area contributed by atoms with E-state index >= 15 is 0 Å². The summed E-state index contributed by atoms with van der Waals surface area (Å²) in [5.74, 6) is -3.55. The molecule has 0 aliphatic carbocycles. The first-order valence-corrected chi connectivity index (χ1v) is 9.41. The summed E-state index contributed by atoms with van der Waals surface area (Å²) in [5.41, 5.74) is -0.858. The number of halogens is 3. The summed E-state index contributed by atoms with van der Waals surface area (Å²) >= 11 is 1.80. The molecule has 2 saturated heterocycles. The zero-order valence-corrected chi connectivity index (χ0v) is 14.5. The van der Waals surface area contributed by atoms with E-state index in [0.29, 0.717) is 8.27 Å². The Hall–Kier alpha value is -0.420. The molecule has 2 unspecified atom stereocenters. The van der Waals surface area contributed by atoms with Crippen LogP contribution < -0.4 is 5.69 Å². The lowest BCUT2D eigenvalue weighted by molar-refractivity contribution is -0.135. The Kier molecular flexibility index (Phi) is 3.96. The van der Waals surface area contributed by atoms with Crippen molar-refractivity contribution in [1.82, 2.24) is 9.55 Å². The monoisotopic (exact) mass is 448 g/mol. The van der Waals surface area contributed by atoms with Gasteiger partial charge in [0.15, 0.2) is 6.10 Å². The van der Waals surface area contributed by atoms with Crippen molar-refractivity contribution >= 4 is 30.2 Å². The lowest BCUT2D eigenvalue weighted by Gasteiger charge is -2.35. The zero-order chi connectivity index (χ0) is 16.3. The van der Waals surface area contributed by atoms with Gasteiger partial charge in [-0.1, -0.05) is 0 Å². The van der Waals surface area contributed by atoms with Gasteiger partial charge in [0.1, 0.15) is 9.80 Å². The van der Waals surface area contributed by atoms with Crippen molar-refractivity contribution in [3.05, 3.63) is 26.4 Å². The minimum absolute atomic E-state index is 0.378. The molecule has 11 heteroatoms. The van der Waals surface area contributed by atoms with Crippen LogP contribution in [0.2, 0.25) is 0 Å². The molecular weight excluding hydrogens is 436 g/mol. The fraction of sp³-hybridized carbons (Fsp3) is 0.636. The van der Waals surface area contributed by atoms with Gasteiger partial charge in [-0.2, -0.15) is 13.8 Å². The molecule has 22 heavy (non-hydrogen) atoms. The van der Waals surface area contributed by atoms with Crippen molar-refractivity contribution in [3.8, 4) is 0 Å². The Morgan fingerprint density at radius 2 is 2.14 bits per heavy atom. The molecular formula is C11H12F2IN2O5P. The van der Waals surface area contributed by atoms with E-state index in [9.17, 15) is 18.1 Å². The lowest BCUT2D eigenvalue weighted by atomic mass is 10.1. The molecule has 2 aliphatic heterocycles. The molecule has 7 nitrogen and oxygen atoms in total. The van der Waals surface area contributed by atoms with E-state index in [1.54, 1.807) is 22.6 Å². The van der Waals surface area contributed by atoms with Gasteiger partial charge in [-0.3, -0.25) is 13.7 Å². The van der Waals surface area contributed by atoms with Crippen LogP contribution in [0.15, 0.2) is 17.1 Å². The van der Waals surface area contributed by atoms with Crippen LogP contribution in [0.25, 0.3) is 0 Å². The van der Waals surface area contributed by atoms with Gasteiger partial charge in [-0.05, 0) is 35.6 Å². The van der Waals surface area contributed by atoms with Crippen molar-refractivity contribution in [2.75, 3.05) is 6.66 Å². The Morgan fingerprint density at radius 3 is 2.77 bits per heavy atom. The minimum Gasteiger partial charge on any atom is -0.343 e. The highest BCUT2D eigenvalue weighted by Gasteiger charge is 2.66. The second kappa shape index (κ2) is 5.30. The molecule has 122 valence electrons. The van der Waals surface area contributed by atoms with Gasteiger partial charge in [-0.15, -0.1) is 0 Å². The Bertz CT molecular complexity index is 714. The van der Waals surface area contributed by atoms with Crippen LogP contribution in [-0.2, 0) is 18.3 Å². The first kappa shape index (κ1) is 16.4. The highest BCUT2D eigenvalue weighted by Crippen LogP contribution is 2.58. The maximum Gasteiger partial charge on any atom is 0.350 e. The van der Waals surface area contributed by atoms with Crippen molar-refractivity contribution in [3.63, 3.8) is 0 Å². The summed E-state index contributed by atoms with van der Waals surface area (Å²) in [5, 5.41) is 0. The number of fused-ring (bicyclic) bond motifs is 1. The molecule has 0 radical (unpaired) electrons. The molecule has 5 atom stereocenters. The summed E-state index contributed by atoms with van der Waals surface area (Å²) in [6.45, 7) is 2.60. The van der Waals surface area contributed by atoms with Crippen LogP contribution in [0.1, 0.15) is 13.2 Å². The molecule has 3 rings (SSSR count). The standard InChI is InChI=1S/C11H12F2IN2O5P/c1-5-7-8(21-22(2,18)20-5)11(12,13)9(19-7)16-4-3-6(14)15-10(16)17/h3-5,7-9H,1-2H3/t5?,7-,8-,9-,22?/m1/s1.